The lowest BCUT2D eigenvalue weighted by Gasteiger charge is -2.09. The first-order chi connectivity index (χ1) is 15.3. The summed E-state index contributed by atoms with van der Waals surface area (Å²) in [6.07, 6.45) is 1.50. The molecule has 0 spiro atoms. The van der Waals surface area contributed by atoms with Crippen molar-refractivity contribution in [1.82, 2.24) is 9.78 Å². The van der Waals surface area contributed by atoms with Gasteiger partial charge in [-0.25, -0.2) is 13.1 Å². The standard InChI is InChI=1S/C22H18ClN3O5S/c1-2-32(29,30)16-8-9-20(27)17(12-16)24-22(28)18-13-19(21-7-4-10-31-21)26(25-18)15-6-3-5-14(23)11-15/h3-13,27H,2H2,1H3,(H,24,28). The van der Waals surface area contributed by atoms with Crippen LogP contribution in [0.3, 0.4) is 0 Å². The van der Waals surface area contributed by atoms with Gasteiger partial charge in [0.1, 0.15) is 11.4 Å². The Morgan fingerprint density at radius 3 is 2.66 bits per heavy atom. The van der Waals surface area contributed by atoms with Crippen molar-refractivity contribution in [2.45, 2.75) is 11.8 Å². The molecule has 0 radical (unpaired) electrons. The van der Waals surface area contributed by atoms with E-state index in [1.807, 2.05) is 0 Å². The molecule has 0 saturated carbocycles. The zero-order valence-corrected chi connectivity index (χ0v) is 18.4. The van der Waals surface area contributed by atoms with Crippen LogP contribution in [0.4, 0.5) is 5.69 Å². The van der Waals surface area contributed by atoms with Crippen LogP contribution in [0.2, 0.25) is 5.02 Å². The Bertz CT molecular complexity index is 1390. The summed E-state index contributed by atoms with van der Waals surface area (Å²) in [7, 11) is -3.52. The number of aromatic nitrogens is 2. The molecule has 0 unspecified atom stereocenters. The summed E-state index contributed by atoms with van der Waals surface area (Å²) in [5.41, 5.74) is 1.11. The molecule has 0 saturated heterocycles. The predicted molar refractivity (Wildman–Crippen MR) is 120 cm³/mol. The van der Waals surface area contributed by atoms with Gasteiger partial charge in [-0.05, 0) is 48.5 Å². The van der Waals surface area contributed by atoms with Gasteiger partial charge in [-0.2, -0.15) is 5.10 Å². The molecule has 2 aromatic heterocycles. The van der Waals surface area contributed by atoms with Crippen molar-refractivity contribution < 1.29 is 22.7 Å². The number of benzene rings is 2. The summed E-state index contributed by atoms with van der Waals surface area (Å²) in [5.74, 6) is -0.536. The number of amides is 1. The van der Waals surface area contributed by atoms with Gasteiger partial charge in [-0.1, -0.05) is 24.6 Å². The normalized spacial score (nSPS) is 11.4. The van der Waals surface area contributed by atoms with Crippen molar-refractivity contribution >= 4 is 33.0 Å². The first-order valence-corrected chi connectivity index (χ1v) is 11.6. The van der Waals surface area contributed by atoms with Crippen LogP contribution in [0.15, 0.2) is 76.2 Å². The van der Waals surface area contributed by atoms with E-state index in [1.165, 1.54) is 42.1 Å². The number of rotatable bonds is 6. The van der Waals surface area contributed by atoms with Crippen molar-refractivity contribution in [1.29, 1.82) is 0 Å². The van der Waals surface area contributed by atoms with Crippen molar-refractivity contribution in [3.05, 3.63) is 77.6 Å². The van der Waals surface area contributed by atoms with E-state index in [0.717, 1.165) is 0 Å². The first kappa shape index (κ1) is 21.7. The molecule has 0 fully saturated rings. The lowest BCUT2D eigenvalue weighted by Crippen LogP contribution is -2.14. The minimum absolute atomic E-state index is 0.00571. The first-order valence-electron chi connectivity index (χ1n) is 9.55. The second kappa shape index (κ2) is 8.52. The average Bonchev–Trinajstić information content (AvgIpc) is 3.45. The number of hydrogen-bond donors (Lipinski definition) is 2. The largest absolute Gasteiger partial charge is 0.506 e. The maximum absolute atomic E-state index is 12.9. The van der Waals surface area contributed by atoms with Crippen LogP contribution in [-0.2, 0) is 9.84 Å². The predicted octanol–water partition coefficient (Wildman–Crippen LogP) is 4.54. The molecule has 0 atom stereocenters. The van der Waals surface area contributed by atoms with Crippen LogP contribution in [0.5, 0.6) is 5.75 Å². The van der Waals surface area contributed by atoms with Gasteiger partial charge in [0.2, 0.25) is 0 Å². The molecule has 8 nitrogen and oxygen atoms in total. The molecule has 4 rings (SSSR count). The Labute approximate surface area is 189 Å². The SMILES string of the molecule is CCS(=O)(=O)c1ccc(O)c(NC(=O)c2cc(-c3ccco3)n(-c3cccc(Cl)c3)n2)c1. The number of carbonyl (C=O) groups excluding carboxylic acids is 1. The van der Waals surface area contributed by atoms with Crippen LogP contribution in [0.25, 0.3) is 17.1 Å². The van der Waals surface area contributed by atoms with E-state index < -0.39 is 15.7 Å². The number of furan rings is 1. The van der Waals surface area contributed by atoms with Gasteiger partial charge >= 0.3 is 0 Å². The van der Waals surface area contributed by atoms with Gasteiger partial charge < -0.3 is 14.8 Å². The van der Waals surface area contributed by atoms with Gasteiger partial charge in [0, 0.05) is 11.1 Å². The summed E-state index contributed by atoms with van der Waals surface area (Å²) in [6.45, 7) is 1.51. The molecule has 32 heavy (non-hydrogen) atoms. The molecule has 0 aliphatic heterocycles. The third-order valence-corrected chi connectivity index (χ3v) is 6.69. The number of hydrogen-bond acceptors (Lipinski definition) is 6. The lowest BCUT2D eigenvalue weighted by molar-refractivity contribution is 0.102. The molecule has 10 heteroatoms. The molecule has 4 aromatic rings. The molecule has 0 aliphatic carbocycles. The third kappa shape index (κ3) is 4.25. The topological polar surface area (TPSA) is 114 Å². The molecular formula is C22H18ClN3O5S. The maximum atomic E-state index is 12.9. The van der Waals surface area contributed by atoms with Crippen molar-refractivity contribution in [2.24, 2.45) is 0 Å². The zero-order chi connectivity index (χ0) is 22.9. The number of nitrogens with zero attached hydrogens (tertiary/aromatic N) is 2. The number of carbonyl (C=O) groups is 1. The quantitative estimate of drug-likeness (QED) is 0.399. The summed E-state index contributed by atoms with van der Waals surface area (Å²) < 4.78 is 31.3. The Balaban J connectivity index is 1.73. The van der Waals surface area contributed by atoms with Crippen LogP contribution < -0.4 is 5.32 Å². The summed E-state index contributed by atoms with van der Waals surface area (Å²) >= 11 is 6.11. The molecule has 2 aromatic carbocycles. The highest BCUT2D eigenvalue weighted by Crippen LogP contribution is 2.29. The maximum Gasteiger partial charge on any atom is 0.276 e. The second-order valence-corrected chi connectivity index (χ2v) is 9.53. The van der Waals surface area contributed by atoms with E-state index in [4.69, 9.17) is 16.0 Å². The highest BCUT2D eigenvalue weighted by atomic mass is 35.5. The van der Waals surface area contributed by atoms with Crippen molar-refractivity contribution in [3.8, 4) is 22.9 Å². The fourth-order valence-corrected chi connectivity index (χ4v) is 4.15. The zero-order valence-electron chi connectivity index (χ0n) is 16.8. The minimum atomic E-state index is -3.52. The van der Waals surface area contributed by atoms with E-state index in [2.05, 4.69) is 10.4 Å². The van der Waals surface area contributed by atoms with Crippen LogP contribution in [-0.4, -0.2) is 35.0 Å². The van der Waals surface area contributed by atoms with Gasteiger partial charge in [-0.3, -0.25) is 4.79 Å². The highest BCUT2D eigenvalue weighted by Gasteiger charge is 2.21. The number of halogens is 1. The van der Waals surface area contributed by atoms with Crippen molar-refractivity contribution in [3.63, 3.8) is 0 Å². The summed E-state index contributed by atoms with van der Waals surface area (Å²) in [6, 6.07) is 15.6. The molecule has 164 valence electrons. The summed E-state index contributed by atoms with van der Waals surface area (Å²) in [4.78, 5) is 12.9. The van der Waals surface area contributed by atoms with Gasteiger partial charge in [0.25, 0.3) is 5.91 Å². The monoisotopic (exact) mass is 471 g/mol. The molecule has 0 aliphatic rings. The van der Waals surface area contributed by atoms with Crippen LogP contribution in [0, 0.1) is 0 Å². The molecular weight excluding hydrogens is 454 g/mol. The van der Waals surface area contributed by atoms with Gasteiger partial charge in [0.05, 0.1) is 28.3 Å². The van der Waals surface area contributed by atoms with E-state index >= 15 is 0 Å². The van der Waals surface area contributed by atoms with Crippen LogP contribution >= 0.6 is 11.6 Å². The Morgan fingerprint density at radius 1 is 1.16 bits per heavy atom. The number of sulfone groups is 1. The lowest BCUT2D eigenvalue weighted by atomic mass is 10.2. The highest BCUT2D eigenvalue weighted by molar-refractivity contribution is 7.91. The fourth-order valence-electron chi connectivity index (χ4n) is 3.06. The molecule has 0 bridgehead atoms. The number of phenolic OH excluding ortho intramolecular Hbond substituents is 1. The molecule has 2 N–H and O–H groups in total. The summed E-state index contributed by atoms with van der Waals surface area (Å²) in [5, 5.41) is 17.5. The number of aromatic hydroxyl groups is 1. The van der Waals surface area contributed by atoms with Crippen molar-refractivity contribution in [2.75, 3.05) is 11.1 Å². The fraction of sp³-hybridized carbons (Fsp3) is 0.0909. The Kier molecular flexibility index (Phi) is 5.77. The number of phenols is 1. The van der Waals surface area contributed by atoms with Crippen LogP contribution in [0.1, 0.15) is 17.4 Å². The third-order valence-electron chi connectivity index (χ3n) is 4.72. The molecule has 1 amide bonds. The smallest absolute Gasteiger partial charge is 0.276 e. The van der Waals surface area contributed by atoms with Gasteiger partial charge in [0.15, 0.2) is 21.3 Å². The van der Waals surface area contributed by atoms with Gasteiger partial charge in [-0.15, -0.1) is 0 Å². The minimum Gasteiger partial charge on any atom is -0.506 e. The Morgan fingerprint density at radius 2 is 1.97 bits per heavy atom. The number of anilines is 1. The number of nitrogens with one attached hydrogen (secondary N) is 1. The van der Waals surface area contributed by atoms with E-state index in [0.29, 0.717) is 22.2 Å². The van der Waals surface area contributed by atoms with E-state index in [-0.39, 0.29) is 27.8 Å². The Hall–Kier alpha value is -3.56. The molecule has 2 heterocycles. The van der Waals surface area contributed by atoms with E-state index in [1.54, 1.807) is 36.4 Å². The second-order valence-electron chi connectivity index (χ2n) is 6.82. The average molecular weight is 472 g/mol. The van der Waals surface area contributed by atoms with E-state index in [9.17, 15) is 18.3 Å².